The van der Waals surface area contributed by atoms with Crippen molar-refractivity contribution in [3.8, 4) is 11.8 Å². The molecular formula is C13H11NO5. The van der Waals surface area contributed by atoms with Crippen molar-refractivity contribution in [1.82, 2.24) is 5.32 Å². The van der Waals surface area contributed by atoms with Gasteiger partial charge in [0.25, 0.3) is 0 Å². The number of benzene rings is 1. The van der Waals surface area contributed by atoms with Crippen molar-refractivity contribution in [2.24, 2.45) is 0 Å². The van der Waals surface area contributed by atoms with Gasteiger partial charge >= 0.3 is 11.9 Å². The number of carbonyl (C=O) groups is 3. The Morgan fingerprint density at radius 1 is 1.11 bits per heavy atom. The number of hydrogen-bond acceptors (Lipinski definition) is 3. The average Bonchev–Trinajstić information content (AvgIpc) is 2.34. The SMILES string of the molecule is CC(=O)NCC#Cc1cc(C(=O)O)cc(C(=O)O)c1. The molecule has 6 nitrogen and oxygen atoms in total. The zero-order valence-corrected chi connectivity index (χ0v) is 10.1. The molecule has 0 atom stereocenters. The van der Waals surface area contributed by atoms with Crippen LogP contribution in [-0.4, -0.2) is 34.6 Å². The second-order valence-corrected chi connectivity index (χ2v) is 3.62. The van der Waals surface area contributed by atoms with Gasteiger partial charge in [0.1, 0.15) is 0 Å². The molecule has 0 heterocycles. The molecule has 0 saturated heterocycles. The summed E-state index contributed by atoms with van der Waals surface area (Å²) < 4.78 is 0. The highest BCUT2D eigenvalue weighted by Gasteiger charge is 2.10. The number of carboxylic acid groups (broad SMARTS) is 2. The predicted octanol–water partition coefficient (Wildman–Crippen LogP) is 0.571. The van der Waals surface area contributed by atoms with Crippen LogP contribution in [0.4, 0.5) is 0 Å². The highest BCUT2D eigenvalue weighted by atomic mass is 16.4. The second-order valence-electron chi connectivity index (χ2n) is 3.62. The van der Waals surface area contributed by atoms with E-state index in [1.165, 1.54) is 19.1 Å². The van der Waals surface area contributed by atoms with E-state index in [9.17, 15) is 14.4 Å². The van der Waals surface area contributed by atoms with Gasteiger partial charge in [-0.05, 0) is 18.2 Å². The van der Waals surface area contributed by atoms with Gasteiger partial charge in [-0.25, -0.2) is 9.59 Å². The summed E-state index contributed by atoms with van der Waals surface area (Å²) in [5.41, 5.74) is -0.0323. The number of hydrogen-bond donors (Lipinski definition) is 3. The molecule has 6 heteroatoms. The van der Waals surface area contributed by atoms with E-state index in [4.69, 9.17) is 10.2 Å². The largest absolute Gasteiger partial charge is 0.478 e. The lowest BCUT2D eigenvalue weighted by molar-refractivity contribution is -0.118. The molecule has 0 radical (unpaired) electrons. The maximum Gasteiger partial charge on any atom is 0.335 e. The molecule has 98 valence electrons. The van der Waals surface area contributed by atoms with Gasteiger partial charge in [0.15, 0.2) is 0 Å². The van der Waals surface area contributed by atoms with E-state index in [1.54, 1.807) is 0 Å². The fourth-order valence-electron chi connectivity index (χ4n) is 1.26. The highest BCUT2D eigenvalue weighted by molar-refractivity contribution is 5.94. The number of amides is 1. The van der Waals surface area contributed by atoms with E-state index in [-0.39, 0.29) is 29.1 Å². The minimum Gasteiger partial charge on any atom is -0.478 e. The Labute approximate surface area is 109 Å². The van der Waals surface area contributed by atoms with Crippen LogP contribution in [0.15, 0.2) is 18.2 Å². The summed E-state index contributed by atoms with van der Waals surface area (Å²) in [7, 11) is 0. The third-order valence-electron chi connectivity index (χ3n) is 2.09. The van der Waals surface area contributed by atoms with E-state index < -0.39 is 11.9 Å². The molecule has 0 saturated carbocycles. The standard InChI is InChI=1S/C13H11NO5/c1-8(15)14-4-2-3-9-5-10(12(16)17)7-11(6-9)13(18)19/h5-7H,4H2,1H3,(H,14,15)(H,16,17)(H,18,19). The first kappa shape index (κ1) is 14.3. The van der Waals surface area contributed by atoms with Crippen molar-refractivity contribution in [2.45, 2.75) is 6.92 Å². The second kappa shape index (κ2) is 6.21. The van der Waals surface area contributed by atoms with Crippen LogP contribution in [0.2, 0.25) is 0 Å². The Hall–Kier alpha value is -2.81. The van der Waals surface area contributed by atoms with E-state index >= 15 is 0 Å². The van der Waals surface area contributed by atoms with Crippen molar-refractivity contribution in [3.05, 3.63) is 34.9 Å². The lowest BCUT2D eigenvalue weighted by Gasteiger charge is -2.00. The number of carbonyl (C=O) groups excluding carboxylic acids is 1. The average molecular weight is 261 g/mol. The van der Waals surface area contributed by atoms with Gasteiger partial charge in [-0.3, -0.25) is 4.79 Å². The zero-order valence-electron chi connectivity index (χ0n) is 10.1. The molecule has 0 aromatic heterocycles. The number of aromatic carboxylic acids is 2. The molecule has 1 aromatic carbocycles. The number of rotatable bonds is 3. The quantitative estimate of drug-likeness (QED) is 0.690. The molecule has 1 rings (SSSR count). The third kappa shape index (κ3) is 4.52. The van der Waals surface area contributed by atoms with Crippen molar-refractivity contribution < 1.29 is 24.6 Å². The van der Waals surface area contributed by atoms with E-state index in [0.29, 0.717) is 0 Å². The normalized spacial score (nSPS) is 9.11. The molecule has 0 aliphatic heterocycles. The van der Waals surface area contributed by atoms with Gasteiger partial charge < -0.3 is 15.5 Å². The maximum atomic E-state index is 10.8. The first-order valence-corrected chi connectivity index (χ1v) is 5.25. The van der Waals surface area contributed by atoms with Crippen LogP contribution in [0.1, 0.15) is 33.2 Å². The van der Waals surface area contributed by atoms with Gasteiger partial charge in [0, 0.05) is 12.5 Å². The van der Waals surface area contributed by atoms with Gasteiger partial charge in [-0.15, -0.1) is 0 Å². The molecule has 19 heavy (non-hydrogen) atoms. The molecular weight excluding hydrogens is 250 g/mol. The Bertz CT molecular complexity index is 563. The third-order valence-corrected chi connectivity index (χ3v) is 2.09. The van der Waals surface area contributed by atoms with Crippen LogP contribution < -0.4 is 5.32 Å². The number of nitrogens with one attached hydrogen (secondary N) is 1. The predicted molar refractivity (Wildman–Crippen MR) is 65.9 cm³/mol. The zero-order chi connectivity index (χ0) is 14.4. The maximum absolute atomic E-state index is 10.8. The van der Waals surface area contributed by atoms with Crippen LogP contribution in [0.25, 0.3) is 0 Å². The topological polar surface area (TPSA) is 104 Å². The van der Waals surface area contributed by atoms with E-state index in [2.05, 4.69) is 17.2 Å². The van der Waals surface area contributed by atoms with Crippen LogP contribution in [0.3, 0.4) is 0 Å². The van der Waals surface area contributed by atoms with Crippen LogP contribution in [-0.2, 0) is 4.79 Å². The minimum absolute atomic E-state index is 0.106. The highest BCUT2D eigenvalue weighted by Crippen LogP contribution is 2.10. The van der Waals surface area contributed by atoms with Crippen molar-refractivity contribution >= 4 is 17.8 Å². The fourth-order valence-corrected chi connectivity index (χ4v) is 1.26. The molecule has 1 amide bonds. The summed E-state index contributed by atoms with van der Waals surface area (Å²) in [6, 6.07) is 3.61. The van der Waals surface area contributed by atoms with Crippen molar-refractivity contribution in [2.75, 3.05) is 6.54 Å². The monoisotopic (exact) mass is 261 g/mol. The van der Waals surface area contributed by atoms with E-state index in [0.717, 1.165) is 6.07 Å². The number of carboxylic acids is 2. The molecule has 0 spiro atoms. The van der Waals surface area contributed by atoms with Crippen LogP contribution >= 0.6 is 0 Å². The summed E-state index contributed by atoms with van der Waals surface area (Å²) >= 11 is 0. The van der Waals surface area contributed by atoms with Crippen molar-refractivity contribution in [3.63, 3.8) is 0 Å². The summed E-state index contributed by atoms with van der Waals surface area (Å²) in [5, 5.41) is 20.2. The summed E-state index contributed by atoms with van der Waals surface area (Å²) in [4.78, 5) is 32.3. The van der Waals surface area contributed by atoms with Gasteiger partial charge in [0.2, 0.25) is 5.91 Å². The van der Waals surface area contributed by atoms with Gasteiger partial charge in [-0.1, -0.05) is 11.8 Å². The first-order valence-electron chi connectivity index (χ1n) is 5.25. The lowest BCUT2D eigenvalue weighted by atomic mass is 10.1. The minimum atomic E-state index is -1.23. The summed E-state index contributed by atoms with van der Waals surface area (Å²) in [6.07, 6.45) is 0. The van der Waals surface area contributed by atoms with Crippen LogP contribution in [0, 0.1) is 11.8 Å². The summed E-state index contributed by atoms with van der Waals surface area (Å²) in [6.45, 7) is 1.45. The Morgan fingerprint density at radius 3 is 2.05 bits per heavy atom. The molecule has 0 aliphatic rings. The molecule has 0 aliphatic carbocycles. The van der Waals surface area contributed by atoms with E-state index in [1.807, 2.05) is 0 Å². The Morgan fingerprint density at radius 2 is 1.63 bits per heavy atom. The first-order chi connectivity index (χ1) is 8.90. The summed E-state index contributed by atoms with van der Waals surface area (Å²) in [5.74, 6) is 2.50. The lowest BCUT2D eigenvalue weighted by Crippen LogP contribution is -2.19. The molecule has 1 aromatic rings. The van der Waals surface area contributed by atoms with Gasteiger partial charge in [-0.2, -0.15) is 0 Å². The Balaban J connectivity index is 3.03. The smallest absolute Gasteiger partial charge is 0.335 e. The van der Waals surface area contributed by atoms with Crippen molar-refractivity contribution in [1.29, 1.82) is 0 Å². The van der Waals surface area contributed by atoms with Crippen LogP contribution in [0.5, 0.6) is 0 Å². The molecule has 0 unspecified atom stereocenters. The fraction of sp³-hybridized carbons (Fsp3) is 0.154. The van der Waals surface area contributed by atoms with Gasteiger partial charge in [0.05, 0.1) is 17.7 Å². The molecule has 0 fully saturated rings. The molecule has 0 bridgehead atoms. The molecule has 3 N–H and O–H groups in total. The Kier molecular flexibility index (Phi) is 4.66.